The predicted octanol–water partition coefficient (Wildman–Crippen LogP) is 7.36. The molecule has 0 aliphatic heterocycles. The molecule has 0 spiro atoms. The van der Waals surface area contributed by atoms with Gasteiger partial charge in [0.05, 0.1) is 27.7 Å². The van der Waals surface area contributed by atoms with E-state index in [-0.39, 0.29) is 23.4 Å². The molecule has 7 nitrogen and oxygen atoms in total. The van der Waals surface area contributed by atoms with E-state index < -0.39 is 13.1 Å². The van der Waals surface area contributed by atoms with Crippen molar-refractivity contribution in [3.63, 3.8) is 0 Å². The summed E-state index contributed by atoms with van der Waals surface area (Å²) in [5.41, 5.74) is 0. The first-order chi connectivity index (χ1) is 18.0. The van der Waals surface area contributed by atoms with Gasteiger partial charge in [-0.15, -0.1) is 0 Å². The molecule has 0 bridgehead atoms. The monoisotopic (exact) mass is 597 g/mol. The van der Waals surface area contributed by atoms with Crippen LogP contribution in [0.5, 0.6) is 0 Å². The molecule has 38 heavy (non-hydrogen) atoms. The van der Waals surface area contributed by atoms with Crippen molar-refractivity contribution in [1.29, 1.82) is 0 Å². The lowest BCUT2D eigenvalue weighted by Gasteiger charge is -2.28. The fourth-order valence-corrected chi connectivity index (χ4v) is 6.56. The number of likely N-dealkylation sites (N-methyl/N-ethyl adjacent to an activating group) is 1. The molecule has 0 N–H and O–H groups in total. The van der Waals surface area contributed by atoms with E-state index in [0.29, 0.717) is 29.6 Å². The number of phosphoric acid groups is 1. The van der Waals surface area contributed by atoms with Crippen LogP contribution in [0.4, 0.5) is 0 Å². The highest BCUT2D eigenvalue weighted by molar-refractivity contribution is 8.17. The van der Waals surface area contributed by atoms with Crippen LogP contribution in [0, 0.1) is 0 Å². The smallest absolute Gasteiger partial charge is 0.268 e. The lowest BCUT2D eigenvalue weighted by molar-refractivity contribution is -0.870. The van der Waals surface area contributed by atoms with Crippen molar-refractivity contribution in [2.45, 2.75) is 122 Å². The Morgan fingerprint density at radius 3 is 1.74 bits per heavy atom. The summed E-state index contributed by atoms with van der Waals surface area (Å²) in [7, 11) is 1.37. The van der Waals surface area contributed by atoms with Crippen LogP contribution in [0.25, 0.3) is 0 Å². The largest absolute Gasteiger partial charge is 0.756 e. The van der Waals surface area contributed by atoms with Gasteiger partial charge in [0.25, 0.3) is 7.82 Å². The van der Waals surface area contributed by atoms with Crippen molar-refractivity contribution in [1.82, 2.24) is 0 Å². The molecular weight excluding hydrogens is 541 g/mol. The number of nitrogens with zero attached hydrogens (tertiary/aromatic N) is 1. The zero-order chi connectivity index (χ0) is 28.7. The number of phosphoric ester groups is 1. The maximum atomic E-state index is 12.6. The van der Waals surface area contributed by atoms with Gasteiger partial charge in [0, 0.05) is 23.8 Å². The van der Waals surface area contributed by atoms with E-state index >= 15 is 0 Å². The maximum absolute atomic E-state index is 12.6. The van der Waals surface area contributed by atoms with E-state index in [1.54, 1.807) is 0 Å². The number of hydrogen-bond acceptors (Lipinski definition) is 8. The SMILES string of the molecule is CCCCCCCCCC(=O)SCC(COP(=O)([O-])OCC[N+](C)(C)C)SC(=O)CCCCCCCCC. The minimum absolute atomic E-state index is 0.0268. The zero-order valence-corrected chi connectivity index (χ0v) is 27.4. The molecule has 2 atom stereocenters. The van der Waals surface area contributed by atoms with Crippen LogP contribution < -0.4 is 4.89 Å². The molecule has 0 aliphatic carbocycles. The third-order valence-corrected chi connectivity index (χ3v) is 9.50. The number of carbonyl (C=O) groups is 2. The molecule has 0 amide bonds. The number of hydrogen-bond donors (Lipinski definition) is 0. The summed E-state index contributed by atoms with van der Waals surface area (Å²) in [6.07, 6.45) is 17.0. The molecule has 2 unspecified atom stereocenters. The first kappa shape index (κ1) is 38.1. The van der Waals surface area contributed by atoms with Crippen molar-refractivity contribution in [2.75, 3.05) is 46.7 Å². The van der Waals surface area contributed by atoms with E-state index in [1.165, 1.54) is 63.1 Å². The standard InChI is InChI=1S/C28H56NO6PS2/c1-6-8-10-12-14-16-18-20-27(30)37-25-26(24-35-36(32,33)34-23-22-29(3,4)5)38-28(31)21-19-17-15-13-11-9-7-2/h26H,6-25H2,1-5H3. The van der Waals surface area contributed by atoms with Gasteiger partial charge in [-0.3, -0.25) is 14.2 Å². The molecule has 0 aromatic carbocycles. The van der Waals surface area contributed by atoms with Crippen LogP contribution in [-0.2, 0) is 23.2 Å². The second-order valence-electron chi connectivity index (χ2n) is 11.1. The topological polar surface area (TPSA) is 92.7 Å². The van der Waals surface area contributed by atoms with Crippen LogP contribution in [0.2, 0.25) is 0 Å². The normalized spacial score (nSPS) is 14.4. The van der Waals surface area contributed by atoms with Gasteiger partial charge in [-0.25, -0.2) is 0 Å². The average molecular weight is 598 g/mol. The third-order valence-electron chi connectivity index (χ3n) is 6.13. The van der Waals surface area contributed by atoms with Gasteiger partial charge >= 0.3 is 0 Å². The van der Waals surface area contributed by atoms with Crippen molar-refractivity contribution < 1.29 is 32.6 Å². The Hall–Kier alpha value is 0.110. The highest BCUT2D eigenvalue weighted by atomic mass is 32.2. The Bertz CT molecular complexity index is 660. The molecule has 0 saturated carbocycles. The molecule has 0 aromatic heterocycles. The summed E-state index contributed by atoms with van der Waals surface area (Å²) in [5, 5.41) is -0.300. The third kappa shape index (κ3) is 26.3. The van der Waals surface area contributed by atoms with Gasteiger partial charge in [0.1, 0.15) is 13.2 Å². The number of thioether (sulfide) groups is 2. The first-order valence-electron chi connectivity index (χ1n) is 14.7. The molecular formula is C28H56NO6PS2. The molecule has 226 valence electrons. The van der Waals surface area contributed by atoms with Crippen molar-refractivity contribution in [2.24, 2.45) is 0 Å². The summed E-state index contributed by atoms with van der Waals surface area (Å²) in [6, 6.07) is 0. The van der Waals surface area contributed by atoms with Gasteiger partial charge in [0.15, 0.2) is 10.2 Å². The Morgan fingerprint density at radius 1 is 0.763 bits per heavy atom. The van der Waals surface area contributed by atoms with Gasteiger partial charge in [-0.2, -0.15) is 0 Å². The Kier molecular flexibility index (Phi) is 23.8. The molecule has 0 saturated heterocycles. The summed E-state index contributed by atoms with van der Waals surface area (Å²) < 4.78 is 23.0. The number of carbonyl (C=O) groups excluding carboxylic acids is 2. The predicted molar refractivity (Wildman–Crippen MR) is 161 cm³/mol. The van der Waals surface area contributed by atoms with Crippen LogP contribution in [-0.4, -0.2) is 66.6 Å². The summed E-state index contributed by atoms with van der Waals surface area (Å²) in [5.74, 6) is 0.349. The van der Waals surface area contributed by atoms with Gasteiger partial charge in [0.2, 0.25) is 0 Å². The summed E-state index contributed by atoms with van der Waals surface area (Å²) in [4.78, 5) is 37.2. The van der Waals surface area contributed by atoms with E-state index in [9.17, 15) is 19.0 Å². The van der Waals surface area contributed by atoms with Crippen molar-refractivity contribution in [3.8, 4) is 0 Å². The lowest BCUT2D eigenvalue weighted by Crippen LogP contribution is -2.37. The summed E-state index contributed by atoms with van der Waals surface area (Å²) in [6.45, 7) is 4.78. The molecule has 0 heterocycles. The zero-order valence-electron chi connectivity index (χ0n) is 24.9. The average Bonchev–Trinajstić information content (AvgIpc) is 2.83. The lowest BCUT2D eigenvalue weighted by atomic mass is 10.1. The van der Waals surface area contributed by atoms with Crippen LogP contribution >= 0.6 is 31.3 Å². The van der Waals surface area contributed by atoms with E-state index in [1.807, 2.05) is 21.1 Å². The second-order valence-corrected chi connectivity index (χ2v) is 15.0. The molecule has 0 radical (unpaired) electrons. The van der Waals surface area contributed by atoms with Crippen LogP contribution in [0.1, 0.15) is 117 Å². The van der Waals surface area contributed by atoms with Crippen molar-refractivity contribution in [3.05, 3.63) is 0 Å². The minimum Gasteiger partial charge on any atom is -0.756 e. The fraction of sp³-hybridized carbons (Fsp3) is 0.929. The highest BCUT2D eigenvalue weighted by Crippen LogP contribution is 2.39. The minimum atomic E-state index is -4.48. The Labute approximate surface area is 242 Å². The van der Waals surface area contributed by atoms with Gasteiger partial charge in [-0.05, 0) is 12.8 Å². The van der Waals surface area contributed by atoms with Crippen molar-refractivity contribution >= 4 is 41.6 Å². The van der Waals surface area contributed by atoms with Crippen LogP contribution in [0.15, 0.2) is 0 Å². The Balaban J connectivity index is 4.58. The molecule has 0 aromatic rings. The highest BCUT2D eigenvalue weighted by Gasteiger charge is 2.21. The number of rotatable bonds is 26. The first-order valence-corrected chi connectivity index (χ1v) is 18.1. The number of quaternary nitrogens is 1. The maximum Gasteiger partial charge on any atom is 0.268 e. The van der Waals surface area contributed by atoms with Crippen LogP contribution in [0.3, 0.4) is 0 Å². The molecule has 0 rings (SSSR count). The summed E-state index contributed by atoms with van der Waals surface area (Å²) >= 11 is 2.29. The molecule has 0 fully saturated rings. The van der Waals surface area contributed by atoms with Gasteiger partial charge in [-0.1, -0.05) is 114 Å². The fourth-order valence-electron chi connectivity index (χ4n) is 3.71. The number of unbranched alkanes of at least 4 members (excludes halogenated alkanes) is 12. The Morgan fingerprint density at radius 2 is 1.24 bits per heavy atom. The molecule has 0 aliphatic rings. The molecule has 10 heteroatoms. The van der Waals surface area contributed by atoms with E-state index in [2.05, 4.69) is 13.8 Å². The van der Waals surface area contributed by atoms with Gasteiger partial charge < -0.3 is 18.4 Å². The van der Waals surface area contributed by atoms with E-state index in [4.69, 9.17) is 9.05 Å². The second kappa shape index (κ2) is 23.8. The van der Waals surface area contributed by atoms with E-state index in [0.717, 1.165) is 50.3 Å². The quantitative estimate of drug-likeness (QED) is 0.0580.